The number of benzene rings is 1. The SMILES string of the molecule is CCNc1cccc(C(=O)N(CC)c2ccc(F)cc2)n1. The van der Waals surface area contributed by atoms with Crippen LogP contribution in [0.2, 0.25) is 0 Å². The van der Waals surface area contributed by atoms with Crippen LogP contribution >= 0.6 is 0 Å². The molecule has 1 heterocycles. The minimum absolute atomic E-state index is 0.205. The van der Waals surface area contributed by atoms with Gasteiger partial charge in [-0.2, -0.15) is 0 Å². The molecule has 0 aliphatic heterocycles. The molecule has 0 spiro atoms. The van der Waals surface area contributed by atoms with Crippen molar-refractivity contribution in [3.8, 4) is 0 Å². The Morgan fingerprint density at radius 2 is 1.90 bits per heavy atom. The highest BCUT2D eigenvalue weighted by Crippen LogP contribution is 2.17. The maximum absolute atomic E-state index is 13.0. The number of hydrogen-bond acceptors (Lipinski definition) is 3. The van der Waals surface area contributed by atoms with Crippen LogP contribution in [0.1, 0.15) is 24.3 Å². The second kappa shape index (κ2) is 6.83. The van der Waals surface area contributed by atoms with Crippen LogP contribution in [0.5, 0.6) is 0 Å². The Labute approximate surface area is 123 Å². The van der Waals surface area contributed by atoms with Gasteiger partial charge in [0.1, 0.15) is 17.3 Å². The summed E-state index contributed by atoms with van der Waals surface area (Å²) in [5.41, 5.74) is 1.01. The fourth-order valence-electron chi connectivity index (χ4n) is 2.04. The van der Waals surface area contributed by atoms with Crippen molar-refractivity contribution < 1.29 is 9.18 Å². The van der Waals surface area contributed by atoms with E-state index in [9.17, 15) is 9.18 Å². The van der Waals surface area contributed by atoms with E-state index in [0.29, 0.717) is 23.7 Å². The number of nitrogens with zero attached hydrogens (tertiary/aromatic N) is 2. The van der Waals surface area contributed by atoms with Crippen LogP contribution in [0.3, 0.4) is 0 Å². The van der Waals surface area contributed by atoms with E-state index < -0.39 is 0 Å². The fraction of sp³-hybridized carbons (Fsp3) is 0.250. The first-order valence-corrected chi connectivity index (χ1v) is 6.94. The van der Waals surface area contributed by atoms with Crippen molar-refractivity contribution in [3.05, 3.63) is 54.0 Å². The van der Waals surface area contributed by atoms with Crippen molar-refractivity contribution in [1.82, 2.24) is 4.98 Å². The Morgan fingerprint density at radius 3 is 2.52 bits per heavy atom. The number of hydrogen-bond donors (Lipinski definition) is 1. The second-order valence-electron chi connectivity index (χ2n) is 4.46. The van der Waals surface area contributed by atoms with Gasteiger partial charge >= 0.3 is 0 Å². The Balaban J connectivity index is 2.27. The number of anilines is 2. The Bertz CT molecular complexity index is 613. The minimum Gasteiger partial charge on any atom is -0.370 e. The molecular weight excluding hydrogens is 269 g/mol. The topological polar surface area (TPSA) is 45.2 Å². The molecule has 0 aliphatic rings. The van der Waals surface area contributed by atoms with Crippen LogP contribution in [0.25, 0.3) is 0 Å². The smallest absolute Gasteiger partial charge is 0.276 e. The van der Waals surface area contributed by atoms with E-state index in [2.05, 4.69) is 10.3 Å². The lowest BCUT2D eigenvalue weighted by Crippen LogP contribution is -2.31. The number of carbonyl (C=O) groups excluding carboxylic acids is 1. The molecule has 4 nitrogen and oxygen atoms in total. The number of rotatable bonds is 5. The molecule has 1 aromatic carbocycles. The average Bonchev–Trinajstić information content (AvgIpc) is 2.50. The highest BCUT2D eigenvalue weighted by atomic mass is 19.1. The lowest BCUT2D eigenvalue weighted by molar-refractivity contribution is 0.0983. The lowest BCUT2D eigenvalue weighted by Gasteiger charge is -2.20. The van der Waals surface area contributed by atoms with Gasteiger partial charge in [0.15, 0.2) is 0 Å². The number of halogens is 1. The third-order valence-corrected chi connectivity index (χ3v) is 3.03. The highest BCUT2D eigenvalue weighted by Gasteiger charge is 2.17. The molecule has 110 valence electrons. The highest BCUT2D eigenvalue weighted by molar-refractivity contribution is 6.04. The molecule has 21 heavy (non-hydrogen) atoms. The average molecular weight is 287 g/mol. The van der Waals surface area contributed by atoms with Gasteiger partial charge in [0, 0.05) is 18.8 Å². The van der Waals surface area contributed by atoms with E-state index in [4.69, 9.17) is 0 Å². The van der Waals surface area contributed by atoms with E-state index in [1.165, 1.54) is 12.1 Å². The molecule has 1 aromatic heterocycles. The van der Waals surface area contributed by atoms with Crippen molar-refractivity contribution in [2.45, 2.75) is 13.8 Å². The Hall–Kier alpha value is -2.43. The van der Waals surface area contributed by atoms with Crippen LogP contribution in [0.4, 0.5) is 15.9 Å². The van der Waals surface area contributed by atoms with Gasteiger partial charge in [-0.15, -0.1) is 0 Å². The predicted molar refractivity (Wildman–Crippen MR) is 82.2 cm³/mol. The molecule has 0 unspecified atom stereocenters. The molecular formula is C16H18FN3O. The second-order valence-corrected chi connectivity index (χ2v) is 4.46. The van der Waals surface area contributed by atoms with Gasteiger partial charge in [0.25, 0.3) is 5.91 Å². The molecule has 0 saturated carbocycles. The number of nitrogens with one attached hydrogen (secondary N) is 1. The molecule has 0 atom stereocenters. The zero-order valence-corrected chi connectivity index (χ0v) is 12.1. The van der Waals surface area contributed by atoms with E-state index in [1.807, 2.05) is 19.9 Å². The number of carbonyl (C=O) groups is 1. The molecule has 5 heteroatoms. The zero-order chi connectivity index (χ0) is 15.2. The Morgan fingerprint density at radius 1 is 1.19 bits per heavy atom. The van der Waals surface area contributed by atoms with E-state index in [1.54, 1.807) is 29.2 Å². The monoisotopic (exact) mass is 287 g/mol. The van der Waals surface area contributed by atoms with Gasteiger partial charge in [0.05, 0.1) is 0 Å². The third kappa shape index (κ3) is 3.56. The van der Waals surface area contributed by atoms with Crippen molar-refractivity contribution in [2.24, 2.45) is 0 Å². The third-order valence-electron chi connectivity index (χ3n) is 3.03. The quantitative estimate of drug-likeness (QED) is 0.917. The summed E-state index contributed by atoms with van der Waals surface area (Å²) in [7, 11) is 0. The summed E-state index contributed by atoms with van der Waals surface area (Å²) in [5.74, 6) is 0.136. The van der Waals surface area contributed by atoms with Crippen LogP contribution in [-0.2, 0) is 0 Å². The largest absolute Gasteiger partial charge is 0.370 e. The van der Waals surface area contributed by atoms with E-state index in [-0.39, 0.29) is 11.7 Å². The minimum atomic E-state index is -0.325. The first-order chi connectivity index (χ1) is 10.2. The summed E-state index contributed by atoms with van der Waals surface area (Å²) in [5, 5.41) is 3.08. The summed E-state index contributed by atoms with van der Waals surface area (Å²) in [6.07, 6.45) is 0. The normalized spacial score (nSPS) is 10.2. The van der Waals surface area contributed by atoms with Crippen molar-refractivity contribution in [1.29, 1.82) is 0 Å². The van der Waals surface area contributed by atoms with Crippen LogP contribution in [0, 0.1) is 5.82 Å². The fourth-order valence-corrected chi connectivity index (χ4v) is 2.04. The molecule has 1 N–H and O–H groups in total. The summed E-state index contributed by atoms with van der Waals surface area (Å²) in [6, 6.07) is 11.1. The van der Waals surface area contributed by atoms with Crippen LogP contribution in [0.15, 0.2) is 42.5 Å². The molecule has 0 saturated heterocycles. The van der Waals surface area contributed by atoms with Gasteiger partial charge in [-0.3, -0.25) is 4.79 Å². The van der Waals surface area contributed by atoms with E-state index in [0.717, 1.165) is 6.54 Å². The molecule has 2 rings (SSSR count). The lowest BCUT2D eigenvalue weighted by atomic mass is 10.2. The van der Waals surface area contributed by atoms with Gasteiger partial charge in [-0.25, -0.2) is 9.37 Å². The van der Waals surface area contributed by atoms with Crippen molar-refractivity contribution in [2.75, 3.05) is 23.3 Å². The number of aromatic nitrogens is 1. The van der Waals surface area contributed by atoms with Crippen molar-refractivity contribution in [3.63, 3.8) is 0 Å². The van der Waals surface area contributed by atoms with Crippen LogP contribution in [-0.4, -0.2) is 24.0 Å². The molecule has 2 aromatic rings. The zero-order valence-electron chi connectivity index (χ0n) is 12.1. The van der Waals surface area contributed by atoms with E-state index >= 15 is 0 Å². The standard InChI is InChI=1S/C16H18FN3O/c1-3-18-15-7-5-6-14(19-15)16(21)20(4-2)13-10-8-12(17)9-11-13/h5-11H,3-4H2,1-2H3,(H,18,19). The van der Waals surface area contributed by atoms with Crippen LogP contribution < -0.4 is 10.2 Å². The Kier molecular flexibility index (Phi) is 4.87. The van der Waals surface area contributed by atoms with Gasteiger partial charge in [0.2, 0.25) is 0 Å². The summed E-state index contributed by atoms with van der Waals surface area (Å²) >= 11 is 0. The summed E-state index contributed by atoms with van der Waals surface area (Å²) in [4.78, 5) is 18.4. The summed E-state index contributed by atoms with van der Waals surface area (Å²) in [6.45, 7) is 5.06. The molecule has 0 bridgehead atoms. The molecule has 0 fully saturated rings. The maximum Gasteiger partial charge on any atom is 0.276 e. The first-order valence-electron chi connectivity index (χ1n) is 6.94. The van der Waals surface area contributed by atoms with Gasteiger partial charge in [-0.05, 0) is 50.2 Å². The molecule has 0 aliphatic carbocycles. The molecule has 0 radical (unpaired) electrons. The van der Waals surface area contributed by atoms with Crippen molar-refractivity contribution >= 4 is 17.4 Å². The predicted octanol–water partition coefficient (Wildman–Crippen LogP) is 3.32. The summed E-state index contributed by atoms with van der Waals surface area (Å²) < 4.78 is 13.0. The van der Waals surface area contributed by atoms with Gasteiger partial charge in [-0.1, -0.05) is 6.07 Å². The number of pyridine rings is 1. The first kappa shape index (κ1) is 15.0. The number of amides is 1. The van der Waals surface area contributed by atoms with Gasteiger partial charge < -0.3 is 10.2 Å². The molecule has 1 amide bonds. The maximum atomic E-state index is 13.0.